The molecule has 3 aromatic heterocycles. The van der Waals surface area contributed by atoms with Gasteiger partial charge in [-0.25, -0.2) is 15.0 Å². The van der Waals surface area contributed by atoms with Crippen molar-refractivity contribution in [2.75, 3.05) is 19.6 Å². The number of nitrogens with two attached hydrogens (primary N) is 3. The van der Waals surface area contributed by atoms with Gasteiger partial charge in [0.05, 0.1) is 19.0 Å². The lowest BCUT2D eigenvalue weighted by molar-refractivity contribution is 0.935. The molecule has 3 heterocycles. The Morgan fingerprint density at radius 2 is 0.875 bits per heavy atom. The van der Waals surface area contributed by atoms with E-state index in [0.29, 0.717) is 19.6 Å². The predicted molar refractivity (Wildman–Crippen MR) is 94.0 cm³/mol. The van der Waals surface area contributed by atoms with Gasteiger partial charge >= 0.3 is 0 Å². The van der Waals surface area contributed by atoms with E-state index in [4.69, 9.17) is 17.2 Å². The Kier molecular flexibility index (Phi) is 10.6. The molecule has 0 bridgehead atoms. The van der Waals surface area contributed by atoms with Crippen LogP contribution in [-0.4, -0.2) is 49.5 Å². The molecule has 0 unspecified atom stereocenters. The molecule has 0 saturated heterocycles. The molecular weight excluding hydrogens is 306 g/mol. The molecule has 0 spiro atoms. The fourth-order valence-corrected chi connectivity index (χ4v) is 1.73. The minimum atomic E-state index is 0.683. The van der Waals surface area contributed by atoms with Crippen LogP contribution in [0.2, 0.25) is 0 Å². The van der Waals surface area contributed by atoms with Gasteiger partial charge in [0.25, 0.3) is 0 Å². The van der Waals surface area contributed by atoms with Crippen LogP contribution in [-0.2, 0) is 19.3 Å². The fourth-order valence-electron chi connectivity index (χ4n) is 1.73. The lowest BCUT2D eigenvalue weighted by atomic mass is 10.3. The zero-order valence-corrected chi connectivity index (χ0v) is 13.8. The van der Waals surface area contributed by atoms with Gasteiger partial charge in [-0.05, 0) is 19.6 Å². The highest BCUT2D eigenvalue weighted by Gasteiger charge is 1.88. The van der Waals surface area contributed by atoms with Crippen LogP contribution in [0.1, 0.15) is 17.1 Å². The van der Waals surface area contributed by atoms with E-state index in [2.05, 4.69) is 29.9 Å². The average molecular weight is 333 g/mol. The molecule has 3 aromatic rings. The number of hydrogen-bond acceptors (Lipinski definition) is 6. The molecule has 0 aliphatic heterocycles. The van der Waals surface area contributed by atoms with E-state index in [1.165, 1.54) is 0 Å². The summed E-state index contributed by atoms with van der Waals surface area (Å²) >= 11 is 0. The molecule has 0 atom stereocenters. The van der Waals surface area contributed by atoms with Gasteiger partial charge in [0, 0.05) is 54.9 Å². The first-order chi connectivity index (χ1) is 11.8. The SMILES string of the molecule is NCCc1cnc[nH]1.NCCc1cnc[nH]1.NCCc1cnc[nH]1. The number of aromatic amines is 3. The number of nitrogens with one attached hydrogen (secondary N) is 3. The van der Waals surface area contributed by atoms with E-state index in [0.717, 1.165) is 36.3 Å². The number of rotatable bonds is 6. The van der Waals surface area contributed by atoms with Crippen LogP contribution < -0.4 is 17.2 Å². The predicted octanol–water partition coefficient (Wildman–Crippen LogP) is -0.267. The molecule has 9 heteroatoms. The molecule has 0 aliphatic rings. The molecule has 132 valence electrons. The first-order valence-corrected chi connectivity index (χ1v) is 7.82. The first-order valence-electron chi connectivity index (χ1n) is 7.82. The standard InChI is InChI=1S/3C5H9N3/c3*6-2-1-5-3-7-4-8-5/h3*3-4H,1-2,6H2,(H,7,8). The van der Waals surface area contributed by atoms with E-state index in [1.54, 1.807) is 37.6 Å². The van der Waals surface area contributed by atoms with Crippen molar-refractivity contribution in [3.05, 3.63) is 54.7 Å². The van der Waals surface area contributed by atoms with E-state index >= 15 is 0 Å². The van der Waals surface area contributed by atoms with Crippen LogP contribution in [0.5, 0.6) is 0 Å². The molecule has 9 N–H and O–H groups in total. The molecule has 24 heavy (non-hydrogen) atoms. The molecule has 0 radical (unpaired) electrons. The van der Waals surface area contributed by atoms with Gasteiger partial charge in [-0.15, -0.1) is 0 Å². The summed E-state index contributed by atoms with van der Waals surface area (Å²) in [6.45, 7) is 2.05. The Bertz CT molecular complexity index is 486. The Balaban J connectivity index is 0.000000180. The quantitative estimate of drug-likeness (QED) is 0.363. The summed E-state index contributed by atoms with van der Waals surface area (Å²) in [4.78, 5) is 20.3. The zero-order chi connectivity index (χ0) is 17.5. The van der Waals surface area contributed by atoms with Crippen LogP contribution in [0, 0.1) is 0 Å². The minimum absolute atomic E-state index is 0.683. The number of aromatic nitrogens is 6. The van der Waals surface area contributed by atoms with Gasteiger partial charge in [-0.2, -0.15) is 0 Å². The summed E-state index contributed by atoms with van der Waals surface area (Å²) in [6.07, 6.45) is 13.0. The van der Waals surface area contributed by atoms with Crippen molar-refractivity contribution in [2.24, 2.45) is 17.2 Å². The molecule has 3 rings (SSSR count). The van der Waals surface area contributed by atoms with Crippen molar-refractivity contribution in [3.63, 3.8) is 0 Å². The van der Waals surface area contributed by atoms with Gasteiger partial charge in [0.15, 0.2) is 0 Å². The van der Waals surface area contributed by atoms with Gasteiger partial charge < -0.3 is 32.2 Å². The van der Waals surface area contributed by atoms with Gasteiger partial charge in [-0.1, -0.05) is 0 Å². The maximum absolute atomic E-state index is 5.27. The van der Waals surface area contributed by atoms with Crippen LogP contribution in [0.15, 0.2) is 37.6 Å². The lowest BCUT2D eigenvalue weighted by Crippen LogP contribution is -2.02. The first kappa shape index (κ1) is 19.6. The summed E-state index contributed by atoms with van der Waals surface area (Å²) < 4.78 is 0. The highest BCUT2D eigenvalue weighted by molar-refractivity contribution is 4.95. The second-order valence-electron chi connectivity index (χ2n) is 4.85. The number of imidazole rings is 3. The Hall–Kier alpha value is -2.49. The second kappa shape index (κ2) is 13.0. The normalized spacial score (nSPS) is 9.62. The molecular formula is C15H27N9. The molecule has 0 fully saturated rings. The zero-order valence-electron chi connectivity index (χ0n) is 13.8. The van der Waals surface area contributed by atoms with Crippen LogP contribution in [0.4, 0.5) is 0 Å². The summed E-state index contributed by atoms with van der Waals surface area (Å²) in [6, 6.07) is 0. The maximum Gasteiger partial charge on any atom is 0.0921 e. The van der Waals surface area contributed by atoms with E-state index < -0.39 is 0 Å². The summed E-state index contributed by atoms with van der Waals surface area (Å²) in [5.41, 5.74) is 19.1. The average Bonchev–Trinajstić information content (AvgIpc) is 3.33. The van der Waals surface area contributed by atoms with Crippen LogP contribution in [0.3, 0.4) is 0 Å². The Labute approximate surface area is 141 Å². The largest absolute Gasteiger partial charge is 0.348 e. The molecule has 9 nitrogen and oxygen atoms in total. The van der Waals surface area contributed by atoms with Crippen molar-refractivity contribution in [2.45, 2.75) is 19.3 Å². The van der Waals surface area contributed by atoms with Gasteiger partial charge in [0.2, 0.25) is 0 Å². The topological polar surface area (TPSA) is 164 Å². The Morgan fingerprint density at radius 3 is 1.04 bits per heavy atom. The van der Waals surface area contributed by atoms with Crippen LogP contribution >= 0.6 is 0 Å². The smallest absolute Gasteiger partial charge is 0.0921 e. The summed E-state index contributed by atoms with van der Waals surface area (Å²) in [5.74, 6) is 0. The third kappa shape index (κ3) is 8.83. The lowest BCUT2D eigenvalue weighted by Gasteiger charge is -1.86. The maximum atomic E-state index is 5.27. The van der Waals surface area contributed by atoms with E-state index in [9.17, 15) is 0 Å². The number of H-pyrrole nitrogens is 3. The van der Waals surface area contributed by atoms with Crippen molar-refractivity contribution >= 4 is 0 Å². The van der Waals surface area contributed by atoms with E-state index in [-0.39, 0.29) is 0 Å². The summed E-state index contributed by atoms with van der Waals surface area (Å²) in [5, 5.41) is 0. The number of hydrogen-bond donors (Lipinski definition) is 6. The molecule has 0 aliphatic carbocycles. The van der Waals surface area contributed by atoms with E-state index in [1.807, 2.05) is 0 Å². The van der Waals surface area contributed by atoms with Crippen molar-refractivity contribution in [1.29, 1.82) is 0 Å². The van der Waals surface area contributed by atoms with Crippen LogP contribution in [0.25, 0.3) is 0 Å². The highest BCUT2D eigenvalue weighted by Crippen LogP contribution is 1.89. The van der Waals surface area contributed by atoms with Crippen molar-refractivity contribution in [3.8, 4) is 0 Å². The molecule has 0 aromatic carbocycles. The minimum Gasteiger partial charge on any atom is -0.348 e. The van der Waals surface area contributed by atoms with Gasteiger partial charge in [-0.3, -0.25) is 0 Å². The number of nitrogens with zero attached hydrogens (tertiary/aromatic N) is 3. The third-order valence-electron chi connectivity index (χ3n) is 2.91. The highest BCUT2D eigenvalue weighted by atomic mass is 14.9. The summed E-state index contributed by atoms with van der Waals surface area (Å²) in [7, 11) is 0. The van der Waals surface area contributed by atoms with Gasteiger partial charge in [0.1, 0.15) is 0 Å². The fraction of sp³-hybridized carbons (Fsp3) is 0.400. The Morgan fingerprint density at radius 1 is 0.583 bits per heavy atom. The monoisotopic (exact) mass is 333 g/mol. The molecule has 0 amide bonds. The third-order valence-corrected chi connectivity index (χ3v) is 2.91. The van der Waals surface area contributed by atoms with Crippen molar-refractivity contribution in [1.82, 2.24) is 29.9 Å². The molecule has 0 saturated carbocycles. The second-order valence-corrected chi connectivity index (χ2v) is 4.85. The van der Waals surface area contributed by atoms with Crippen molar-refractivity contribution < 1.29 is 0 Å².